The number of hydrogen-bond donors (Lipinski definition) is 1. The molecule has 0 aliphatic carbocycles. The second-order valence-electron chi connectivity index (χ2n) is 4.63. The van der Waals surface area contributed by atoms with E-state index in [0.29, 0.717) is 12.4 Å². The quantitative estimate of drug-likeness (QED) is 0.850. The minimum Gasteiger partial charge on any atom is -0.307 e. The maximum Gasteiger partial charge on any atom is 0.365 e. The molecule has 0 radical (unpaired) electrons. The lowest BCUT2D eigenvalue weighted by atomic mass is 10.0. The summed E-state index contributed by atoms with van der Waals surface area (Å²) in [6.07, 6.45) is -3.78. The first-order valence-corrected chi connectivity index (χ1v) is 5.68. The molecule has 0 saturated heterocycles. The van der Waals surface area contributed by atoms with Gasteiger partial charge in [-0.1, -0.05) is 13.8 Å². The number of hydrogen-bond acceptors (Lipinski definition) is 3. The number of fused-ring (bicyclic) bond motifs is 1. The van der Waals surface area contributed by atoms with Gasteiger partial charge >= 0.3 is 12.3 Å². The molecule has 2 heterocycles. The van der Waals surface area contributed by atoms with Crippen LogP contribution >= 0.6 is 0 Å². The number of halogens is 4. The smallest absolute Gasteiger partial charge is 0.307 e. The Labute approximate surface area is 101 Å². The van der Waals surface area contributed by atoms with Crippen LogP contribution in [0.1, 0.15) is 31.5 Å². The van der Waals surface area contributed by atoms with Gasteiger partial charge in [0.25, 0.3) is 0 Å². The number of aromatic nitrogens is 3. The highest BCUT2D eigenvalue weighted by atomic mass is 19.3. The molecular weight excluding hydrogens is 252 g/mol. The highest BCUT2D eigenvalue weighted by Crippen LogP contribution is 2.35. The third-order valence-electron chi connectivity index (χ3n) is 3.00. The van der Waals surface area contributed by atoms with Crippen molar-refractivity contribution in [1.29, 1.82) is 0 Å². The van der Waals surface area contributed by atoms with Gasteiger partial charge in [0.2, 0.25) is 5.82 Å². The van der Waals surface area contributed by atoms with Gasteiger partial charge in [-0.3, -0.25) is 0 Å². The summed E-state index contributed by atoms with van der Waals surface area (Å²) >= 11 is 0. The van der Waals surface area contributed by atoms with E-state index in [0.717, 1.165) is 4.57 Å². The van der Waals surface area contributed by atoms with Crippen molar-refractivity contribution in [3.63, 3.8) is 0 Å². The van der Waals surface area contributed by atoms with Crippen molar-refractivity contribution in [3.8, 4) is 0 Å². The minimum absolute atomic E-state index is 0.112. The minimum atomic E-state index is -4.26. The lowest BCUT2D eigenvalue weighted by molar-refractivity contribution is -0.143. The Hall–Kier alpha value is -1.18. The molecule has 0 amide bonds. The zero-order chi connectivity index (χ0) is 13.5. The van der Waals surface area contributed by atoms with Crippen LogP contribution in [0.25, 0.3) is 0 Å². The van der Waals surface area contributed by atoms with E-state index in [9.17, 15) is 17.6 Å². The van der Waals surface area contributed by atoms with E-state index < -0.39 is 18.2 Å². The van der Waals surface area contributed by atoms with E-state index in [1.54, 1.807) is 0 Å². The third-order valence-corrected chi connectivity index (χ3v) is 3.00. The van der Waals surface area contributed by atoms with E-state index in [4.69, 9.17) is 0 Å². The van der Waals surface area contributed by atoms with Crippen molar-refractivity contribution in [3.05, 3.63) is 11.6 Å². The fourth-order valence-electron chi connectivity index (χ4n) is 2.07. The predicted molar refractivity (Wildman–Crippen MR) is 55.5 cm³/mol. The van der Waals surface area contributed by atoms with Crippen LogP contribution in [0.5, 0.6) is 0 Å². The monoisotopic (exact) mass is 266 g/mol. The molecule has 4 nitrogen and oxygen atoms in total. The molecule has 1 N–H and O–H groups in total. The fourth-order valence-corrected chi connectivity index (χ4v) is 2.07. The van der Waals surface area contributed by atoms with Crippen LogP contribution in [0, 0.1) is 5.92 Å². The zero-order valence-electron chi connectivity index (χ0n) is 10.00. The van der Waals surface area contributed by atoms with Gasteiger partial charge in [-0.15, -0.1) is 10.2 Å². The van der Waals surface area contributed by atoms with Crippen molar-refractivity contribution >= 4 is 0 Å². The largest absolute Gasteiger partial charge is 0.365 e. The van der Waals surface area contributed by atoms with E-state index >= 15 is 0 Å². The molecule has 102 valence electrons. The summed E-state index contributed by atoms with van der Waals surface area (Å²) in [6, 6.07) is -0.242. The Kier molecular flexibility index (Phi) is 3.31. The van der Waals surface area contributed by atoms with Crippen LogP contribution in [0.2, 0.25) is 0 Å². The van der Waals surface area contributed by atoms with Gasteiger partial charge in [0.05, 0.1) is 6.04 Å². The first-order valence-electron chi connectivity index (χ1n) is 5.68. The molecule has 1 atom stereocenters. The normalized spacial score (nSPS) is 20.6. The second kappa shape index (κ2) is 4.49. The molecule has 1 aromatic rings. The van der Waals surface area contributed by atoms with Crippen molar-refractivity contribution in [2.45, 2.75) is 38.8 Å². The average molecular weight is 266 g/mol. The maximum atomic E-state index is 13.3. The molecule has 1 aromatic heterocycles. The van der Waals surface area contributed by atoms with Crippen LogP contribution in [-0.2, 0) is 12.5 Å². The summed E-state index contributed by atoms with van der Waals surface area (Å²) < 4.78 is 52.5. The topological polar surface area (TPSA) is 42.7 Å². The van der Waals surface area contributed by atoms with E-state index in [-0.39, 0.29) is 18.5 Å². The molecule has 0 fully saturated rings. The van der Waals surface area contributed by atoms with Crippen molar-refractivity contribution in [1.82, 2.24) is 20.1 Å². The Morgan fingerprint density at radius 3 is 2.56 bits per heavy atom. The van der Waals surface area contributed by atoms with E-state index in [1.807, 2.05) is 13.8 Å². The van der Waals surface area contributed by atoms with Gasteiger partial charge in [-0.25, -0.2) is 8.78 Å². The molecule has 1 unspecified atom stereocenters. The summed E-state index contributed by atoms with van der Waals surface area (Å²) in [5, 5.41) is 10.0. The standard InChI is InChI=1S/C10H14F4N4/c1-5(2)6-7-16-17-9(10(13,14)8(11)12)18(7)4-3-15-6/h5-6,8,15H,3-4H2,1-2H3. The summed E-state index contributed by atoms with van der Waals surface area (Å²) in [6.45, 7) is 4.39. The number of rotatable bonds is 3. The van der Waals surface area contributed by atoms with Gasteiger partial charge in [0.15, 0.2) is 5.82 Å². The summed E-state index contributed by atoms with van der Waals surface area (Å²) in [5.74, 6) is -4.79. The lowest BCUT2D eigenvalue weighted by Crippen LogP contribution is -2.39. The Morgan fingerprint density at radius 2 is 2.00 bits per heavy atom. The molecule has 0 aromatic carbocycles. The lowest BCUT2D eigenvalue weighted by Gasteiger charge is -2.28. The van der Waals surface area contributed by atoms with E-state index in [2.05, 4.69) is 15.5 Å². The SMILES string of the molecule is CC(C)C1NCCn2c1nnc2C(F)(F)C(F)F. The molecule has 18 heavy (non-hydrogen) atoms. The second-order valence-corrected chi connectivity index (χ2v) is 4.63. The molecule has 1 aliphatic heterocycles. The third kappa shape index (κ3) is 1.98. The van der Waals surface area contributed by atoms with Crippen molar-refractivity contribution in [2.75, 3.05) is 6.54 Å². The number of alkyl halides is 4. The van der Waals surface area contributed by atoms with Gasteiger partial charge < -0.3 is 9.88 Å². The highest BCUT2D eigenvalue weighted by molar-refractivity contribution is 5.09. The summed E-state index contributed by atoms with van der Waals surface area (Å²) in [7, 11) is 0. The Bertz CT molecular complexity index is 430. The van der Waals surface area contributed by atoms with Gasteiger partial charge in [-0.05, 0) is 5.92 Å². The zero-order valence-corrected chi connectivity index (χ0v) is 10.00. The van der Waals surface area contributed by atoms with Crippen LogP contribution in [0.3, 0.4) is 0 Å². The summed E-state index contributed by atoms with van der Waals surface area (Å²) in [5.41, 5.74) is 0. The van der Waals surface area contributed by atoms with Crippen molar-refractivity contribution in [2.24, 2.45) is 5.92 Å². The van der Waals surface area contributed by atoms with Gasteiger partial charge in [-0.2, -0.15) is 8.78 Å². The van der Waals surface area contributed by atoms with Gasteiger partial charge in [0.1, 0.15) is 0 Å². The van der Waals surface area contributed by atoms with Crippen molar-refractivity contribution < 1.29 is 17.6 Å². The number of nitrogens with zero attached hydrogens (tertiary/aromatic N) is 3. The van der Waals surface area contributed by atoms with Crippen LogP contribution < -0.4 is 5.32 Å². The molecule has 2 rings (SSSR count). The first kappa shape index (κ1) is 13.3. The van der Waals surface area contributed by atoms with Crippen LogP contribution in [0.15, 0.2) is 0 Å². The Morgan fingerprint density at radius 1 is 1.33 bits per heavy atom. The molecule has 0 saturated carbocycles. The van der Waals surface area contributed by atoms with Crippen LogP contribution in [-0.4, -0.2) is 27.7 Å². The predicted octanol–water partition coefficient (Wildman–Crippen LogP) is 1.94. The number of nitrogens with one attached hydrogen (secondary N) is 1. The summed E-state index contributed by atoms with van der Waals surface area (Å²) in [4.78, 5) is 0. The first-order chi connectivity index (χ1) is 8.35. The maximum absolute atomic E-state index is 13.3. The fraction of sp³-hybridized carbons (Fsp3) is 0.800. The molecule has 1 aliphatic rings. The van der Waals surface area contributed by atoms with Gasteiger partial charge in [0, 0.05) is 13.1 Å². The van der Waals surface area contributed by atoms with E-state index in [1.165, 1.54) is 0 Å². The average Bonchev–Trinajstić information content (AvgIpc) is 2.72. The van der Waals surface area contributed by atoms with Crippen LogP contribution in [0.4, 0.5) is 17.6 Å². The molecular formula is C10H14F4N4. The molecule has 0 bridgehead atoms. The molecule has 0 spiro atoms. The Balaban J connectivity index is 2.43. The highest BCUT2D eigenvalue weighted by Gasteiger charge is 2.48. The molecule has 8 heteroatoms.